The summed E-state index contributed by atoms with van der Waals surface area (Å²) >= 11 is 1.74. The molecule has 14 heavy (non-hydrogen) atoms. The van der Waals surface area contributed by atoms with Gasteiger partial charge in [-0.05, 0) is 32.1 Å². The fourth-order valence-electron chi connectivity index (χ4n) is 1.25. The Morgan fingerprint density at radius 3 is 2.79 bits per heavy atom. The van der Waals surface area contributed by atoms with Gasteiger partial charge in [0.15, 0.2) is 0 Å². The zero-order chi connectivity index (χ0) is 10.6. The molecule has 3 heteroatoms. The van der Waals surface area contributed by atoms with Gasteiger partial charge in [0.1, 0.15) is 6.07 Å². The molecule has 1 aromatic heterocycles. The quantitative estimate of drug-likeness (QED) is 0.713. The molecule has 0 atom stereocenters. The van der Waals surface area contributed by atoms with Gasteiger partial charge in [-0.1, -0.05) is 6.92 Å². The lowest BCUT2D eigenvalue weighted by Gasteiger charge is -2.06. The van der Waals surface area contributed by atoms with E-state index < -0.39 is 0 Å². The summed E-state index contributed by atoms with van der Waals surface area (Å²) in [6.07, 6.45) is 1.12. The number of nitrogens with zero attached hydrogens (tertiary/aromatic N) is 2. The highest BCUT2D eigenvalue weighted by atomic mass is 32.2. The van der Waals surface area contributed by atoms with Crippen molar-refractivity contribution in [2.75, 3.05) is 5.75 Å². The van der Waals surface area contributed by atoms with Crippen molar-refractivity contribution in [1.29, 1.82) is 5.26 Å². The molecular weight excluding hydrogens is 192 g/mol. The molecule has 0 saturated carbocycles. The highest BCUT2D eigenvalue weighted by molar-refractivity contribution is 7.99. The van der Waals surface area contributed by atoms with Gasteiger partial charge in [0.25, 0.3) is 0 Å². The molecule has 0 radical (unpaired) electrons. The van der Waals surface area contributed by atoms with Gasteiger partial charge >= 0.3 is 0 Å². The minimum Gasteiger partial charge on any atom is -0.257 e. The number of aryl methyl sites for hydroxylation is 2. The van der Waals surface area contributed by atoms with Crippen molar-refractivity contribution >= 4 is 11.8 Å². The van der Waals surface area contributed by atoms with E-state index in [9.17, 15) is 0 Å². The molecule has 1 rings (SSSR count). The van der Waals surface area contributed by atoms with Crippen molar-refractivity contribution in [2.24, 2.45) is 0 Å². The van der Waals surface area contributed by atoms with Gasteiger partial charge in [0.05, 0.1) is 11.3 Å². The summed E-state index contributed by atoms with van der Waals surface area (Å²) in [5.41, 5.74) is 2.56. The molecule has 0 aromatic carbocycles. The molecule has 0 aliphatic carbocycles. The van der Waals surface area contributed by atoms with Gasteiger partial charge in [-0.3, -0.25) is 4.98 Å². The third-order valence-corrected chi connectivity index (χ3v) is 3.11. The molecule has 0 saturated heterocycles. The second-order valence-electron chi connectivity index (χ2n) is 3.18. The Morgan fingerprint density at radius 1 is 1.50 bits per heavy atom. The average molecular weight is 206 g/mol. The molecule has 0 unspecified atom stereocenters. The van der Waals surface area contributed by atoms with Crippen LogP contribution in [-0.4, -0.2) is 10.7 Å². The molecule has 2 nitrogen and oxygen atoms in total. The van der Waals surface area contributed by atoms with E-state index in [4.69, 9.17) is 5.26 Å². The summed E-state index contributed by atoms with van der Waals surface area (Å²) in [6.45, 7) is 5.99. The number of aromatic nitrogens is 1. The first-order valence-electron chi connectivity index (χ1n) is 4.70. The summed E-state index contributed by atoms with van der Waals surface area (Å²) in [5.74, 6) is 1.05. The van der Waals surface area contributed by atoms with Crippen LogP contribution < -0.4 is 0 Å². The van der Waals surface area contributed by atoms with E-state index in [1.165, 1.54) is 0 Å². The molecule has 0 spiro atoms. The third-order valence-electron chi connectivity index (χ3n) is 1.87. The van der Waals surface area contributed by atoms with E-state index in [-0.39, 0.29) is 0 Å². The largest absolute Gasteiger partial charge is 0.257 e. The number of hydrogen-bond acceptors (Lipinski definition) is 3. The van der Waals surface area contributed by atoms with Gasteiger partial charge in [-0.15, -0.1) is 11.8 Å². The van der Waals surface area contributed by atoms with Crippen molar-refractivity contribution in [3.05, 3.63) is 23.0 Å². The molecule has 1 heterocycles. The van der Waals surface area contributed by atoms with Gasteiger partial charge in [-0.2, -0.15) is 5.26 Å². The lowest BCUT2D eigenvalue weighted by molar-refractivity contribution is 1.06. The zero-order valence-electron chi connectivity index (χ0n) is 8.79. The molecule has 0 aliphatic heterocycles. The number of hydrogen-bond donors (Lipinski definition) is 0. The van der Waals surface area contributed by atoms with Gasteiger partial charge in [0, 0.05) is 10.6 Å². The molecule has 0 bridgehead atoms. The highest BCUT2D eigenvalue weighted by Gasteiger charge is 2.07. The summed E-state index contributed by atoms with van der Waals surface area (Å²) < 4.78 is 0. The maximum atomic E-state index is 8.99. The topological polar surface area (TPSA) is 36.7 Å². The second kappa shape index (κ2) is 5.02. The lowest BCUT2D eigenvalue weighted by Crippen LogP contribution is -1.94. The maximum Gasteiger partial charge on any atom is 0.102 e. The monoisotopic (exact) mass is 206 g/mol. The molecule has 0 fully saturated rings. The van der Waals surface area contributed by atoms with E-state index in [1.807, 2.05) is 19.9 Å². The maximum absolute atomic E-state index is 8.99. The normalized spacial score (nSPS) is 9.86. The zero-order valence-corrected chi connectivity index (χ0v) is 9.61. The summed E-state index contributed by atoms with van der Waals surface area (Å²) in [5, 5.41) is 8.99. The SMILES string of the molecule is CCCSc1cc(C)nc(C)c1C#N. The molecule has 74 valence electrons. The number of nitriles is 1. The number of pyridine rings is 1. The smallest absolute Gasteiger partial charge is 0.102 e. The van der Waals surface area contributed by atoms with Crippen LogP contribution in [0.3, 0.4) is 0 Å². The van der Waals surface area contributed by atoms with Crippen LogP contribution >= 0.6 is 11.8 Å². The first-order valence-corrected chi connectivity index (χ1v) is 5.68. The van der Waals surface area contributed by atoms with Gasteiger partial charge in [-0.25, -0.2) is 0 Å². The highest BCUT2D eigenvalue weighted by Crippen LogP contribution is 2.25. The molecule has 1 aromatic rings. The lowest BCUT2D eigenvalue weighted by atomic mass is 10.2. The van der Waals surface area contributed by atoms with Crippen LogP contribution in [0.2, 0.25) is 0 Å². The Bertz CT molecular complexity index is 366. The fourth-order valence-corrected chi connectivity index (χ4v) is 2.27. The number of thioether (sulfide) groups is 1. The van der Waals surface area contributed by atoms with Crippen molar-refractivity contribution in [3.63, 3.8) is 0 Å². The van der Waals surface area contributed by atoms with Crippen molar-refractivity contribution in [3.8, 4) is 6.07 Å². The van der Waals surface area contributed by atoms with Crippen LogP contribution in [0.25, 0.3) is 0 Å². The minimum atomic E-state index is 0.731. The van der Waals surface area contributed by atoms with E-state index in [2.05, 4.69) is 18.0 Å². The van der Waals surface area contributed by atoms with Crippen LogP contribution in [0.15, 0.2) is 11.0 Å². The third kappa shape index (κ3) is 2.49. The fraction of sp³-hybridized carbons (Fsp3) is 0.455. The van der Waals surface area contributed by atoms with Gasteiger partial charge in [0.2, 0.25) is 0 Å². The van der Waals surface area contributed by atoms with Gasteiger partial charge < -0.3 is 0 Å². The molecular formula is C11H14N2S. The van der Waals surface area contributed by atoms with Crippen molar-refractivity contribution < 1.29 is 0 Å². The van der Waals surface area contributed by atoms with Crippen molar-refractivity contribution in [2.45, 2.75) is 32.1 Å². The van der Waals surface area contributed by atoms with E-state index >= 15 is 0 Å². The standard InChI is InChI=1S/C11H14N2S/c1-4-5-14-11-6-8(2)13-9(3)10(11)7-12/h6H,4-5H2,1-3H3. The minimum absolute atomic E-state index is 0.731. The molecule has 0 aliphatic rings. The Hall–Kier alpha value is -1.01. The van der Waals surface area contributed by atoms with Crippen LogP contribution in [0.1, 0.15) is 30.3 Å². The second-order valence-corrected chi connectivity index (χ2v) is 4.32. The summed E-state index contributed by atoms with van der Waals surface area (Å²) in [4.78, 5) is 5.35. The Kier molecular flexibility index (Phi) is 3.97. The van der Waals surface area contributed by atoms with E-state index in [0.717, 1.165) is 34.0 Å². The van der Waals surface area contributed by atoms with Crippen LogP contribution in [-0.2, 0) is 0 Å². The molecule has 0 N–H and O–H groups in total. The average Bonchev–Trinajstić information content (AvgIpc) is 2.14. The predicted molar refractivity (Wildman–Crippen MR) is 59.4 cm³/mol. The predicted octanol–water partition coefficient (Wildman–Crippen LogP) is 3.07. The van der Waals surface area contributed by atoms with E-state index in [1.54, 1.807) is 11.8 Å². The van der Waals surface area contributed by atoms with Crippen LogP contribution in [0.4, 0.5) is 0 Å². The van der Waals surface area contributed by atoms with Crippen molar-refractivity contribution in [1.82, 2.24) is 4.98 Å². The van der Waals surface area contributed by atoms with Crippen LogP contribution in [0.5, 0.6) is 0 Å². The Morgan fingerprint density at radius 2 is 2.21 bits per heavy atom. The summed E-state index contributed by atoms with van der Waals surface area (Å²) in [7, 11) is 0. The number of rotatable bonds is 3. The Labute approximate surface area is 89.4 Å². The first kappa shape index (κ1) is 11.1. The first-order chi connectivity index (χ1) is 6.69. The summed E-state index contributed by atoms with van der Waals surface area (Å²) in [6, 6.07) is 4.21. The van der Waals surface area contributed by atoms with Crippen LogP contribution in [0, 0.1) is 25.2 Å². The Balaban J connectivity index is 3.07. The molecule has 0 amide bonds. The van der Waals surface area contributed by atoms with E-state index in [0.29, 0.717) is 0 Å².